The Morgan fingerprint density at radius 3 is 2.30 bits per heavy atom. The second-order valence-electron chi connectivity index (χ2n) is 7.48. The summed E-state index contributed by atoms with van der Waals surface area (Å²) in [6.07, 6.45) is 4.98. The van der Waals surface area contributed by atoms with Gasteiger partial charge in [0.05, 0.1) is 6.42 Å². The zero-order valence-electron chi connectivity index (χ0n) is 12.7. The van der Waals surface area contributed by atoms with Crippen molar-refractivity contribution in [2.24, 2.45) is 16.7 Å². The summed E-state index contributed by atoms with van der Waals surface area (Å²) in [6, 6.07) is -0.603. The number of amides is 2. The molecule has 5 nitrogen and oxygen atoms in total. The average molecular weight is 282 g/mol. The smallest absolute Gasteiger partial charge is 0.315 e. The van der Waals surface area contributed by atoms with Crippen molar-refractivity contribution < 1.29 is 14.7 Å². The fourth-order valence-electron chi connectivity index (χ4n) is 2.80. The maximum absolute atomic E-state index is 12.0. The lowest BCUT2D eigenvalue weighted by atomic mass is 9.85. The molecule has 2 fully saturated rings. The first-order valence-corrected chi connectivity index (χ1v) is 7.49. The van der Waals surface area contributed by atoms with Gasteiger partial charge in [-0.05, 0) is 42.4 Å². The molecule has 2 aliphatic rings. The number of rotatable bonds is 6. The maximum atomic E-state index is 12.0. The largest absolute Gasteiger partial charge is 0.481 e. The van der Waals surface area contributed by atoms with E-state index in [2.05, 4.69) is 10.6 Å². The number of carbonyl (C=O) groups excluding carboxylic acids is 1. The monoisotopic (exact) mass is 282 g/mol. The Kier molecular flexibility index (Phi) is 3.98. The molecule has 5 heteroatoms. The highest BCUT2D eigenvalue weighted by Crippen LogP contribution is 2.60. The Labute approximate surface area is 120 Å². The molecule has 1 unspecified atom stereocenters. The molecule has 0 aliphatic heterocycles. The summed E-state index contributed by atoms with van der Waals surface area (Å²) in [6.45, 7) is 6.54. The summed E-state index contributed by atoms with van der Waals surface area (Å²) in [4.78, 5) is 22.9. The highest BCUT2D eigenvalue weighted by Gasteiger charge is 2.53. The van der Waals surface area contributed by atoms with E-state index in [0.29, 0.717) is 5.41 Å². The van der Waals surface area contributed by atoms with Crippen molar-refractivity contribution in [3.05, 3.63) is 0 Å². The Morgan fingerprint density at radius 2 is 1.90 bits per heavy atom. The van der Waals surface area contributed by atoms with E-state index in [1.54, 1.807) is 0 Å². The van der Waals surface area contributed by atoms with E-state index in [1.807, 2.05) is 20.8 Å². The van der Waals surface area contributed by atoms with Crippen molar-refractivity contribution in [3.8, 4) is 0 Å². The van der Waals surface area contributed by atoms with E-state index in [1.165, 1.54) is 25.7 Å². The van der Waals surface area contributed by atoms with Gasteiger partial charge in [0.15, 0.2) is 0 Å². The van der Waals surface area contributed by atoms with Crippen molar-refractivity contribution >= 4 is 12.0 Å². The molecule has 114 valence electrons. The van der Waals surface area contributed by atoms with Crippen molar-refractivity contribution in [1.29, 1.82) is 0 Å². The van der Waals surface area contributed by atoms with E-state index in [4.69, 9.17) is 5.11 Å². The van der Waals surface area contributed by atoms with Gasteiger partial charge >= 0.3 is 12.0 Å². The normalized spacial score (nSPS) is 21.9. The summed E-state index contributed by atoms with van der Waals surface area (Å²) in [5.74, 6) is -0.0814. The molecule has 0 bridgehead atoms. The van der Waals surface area contributed by atoms with Gasteiger partial charge in [-0.2, -0.15) is 0 Å². The number of urea groups is 1. The van der Waals surface area contributed by atoms with Crippen LogP contribution in [0.25, 0.3) is 0 Å². The van der Waals surface area contributed by atoms with Crippen LogP contribution in [0.15, 0.2) is 0 Å². The first-order valence-electron chi connectivity index (χ1n) is 7.49. The molecule has 0 heterocycles. The zero-order valence-corrected chi connectivity index (χ0v) is 12.7. The Balaban J connectivity index is 1.80. The zero-order chi connectivity index (χ0) is 15.0. The Morgan fingerprint density at radius 1 is 1.30 bits per heavy atom. The quantitative estimate of drug-likeness (QED) is 0.700. The average Bonchev–Trinajstić information content (AvgIpc) is 3.15. The van der Waals surface area contributed by atoms with Gasteiger partial charge in [-0.25, -0.2) is 4.79 Å². The number of aliphatic carboxylic acids is 1. The molecular weight excluding hydrogens is 256 g/mol. The highest BCUT2D eigenvalue weighted by atomic mass is 16.4. The van der Waals surface area contributed by atoms with Gasteiger partial charge in [-0.15, -0.1) is 0 Å². The summed E-state index contributed by atoms with van der Waals surface area (Å²) < 4.78 is 0. The van der Waals surface area contributed by atoms with Gasteiger partial charge in [0.2, 0.25) is 0 Å². The van der Waals surface area contributed by atoms with Crippen LogP contribution in [0.3, 0.4) is 0 Å². The van der Waals surface area contributed by atoms with Gasteiger partial charge < -0.3 is 15.7 Å². The molecule has 0 radical (unpaired) electrons. The van der Waals surface area contributed by atoms with Crippen LogP contribution in [0.4, 0.5) is 4.79 Å². The van der Waals surface area contributed by atoms with Crippen LogP contribution in [0.5, 0.6) is 0 Å². The van der Waals surface area contributed by atoms with Crippen LogP contribution in [-0.4, -0.2) is 29.7 Å². The number of hydrogen-bond donors (Lipinski definition) is 3. The topological polar surface area (TPSA) is 78.4 Å². The van der Waals surface area contributed by atoms with Crippen molar-refractivity contribution in [3.63, 3.8) is 0 Å². The first kappa shape index (κ1) is 15.1. The predicted molar refractivity (Wildman–Crippen MR) is 76.4 cm³/mol. The lowest BCUT2D eigenvalue weighted by molar-refractivity contribution is -0.138. The van der Waals surface area contributed by atoms with Crippen LogP contribution in [-0.2, 0) is 4.79 Å². The Bertz CT molecular complexity index is 392. The van der Waals surface area contributed by atoms with Gasteiger partial charge in [-0.1, -0.05) is 20.8 Å². The van der Waals surface area contributed by atoms with Gasteiger partial charge in [0.25, 0.3) is 0 Å². The molecule has 1 atom stereocenters. The number of nitrogens with one attached hydrogen (secondary N) is 2. The molecule has 0 saturated heterocycles. The van der Waals surface area contributed by atoms with Crippen LogP contribution in [0.1, 0.15) is 52.9 Å². The Hall–Kier alpha value is -1.26. The third-order valence-electron chi connectivity index (χ3n) is 4.67. The summed E-state index contributed by atoms with van der Waals surface area (Å²) >= 11 is 0. The molecule has 3 N–H and O–H groups in total. The molecule has 2 saturated carbocycles. The molecule has 0 aromatic carbocycles. The molecule has 20 heavy (non-hydrogen) atoms. The standard InChI is InChI=1S/C15H26N2O3/c1-14(2,3)11(8-12(18)19)17-13(20)16-9-15(6-7-15)10-4-5-10/h10-11H,4-9H2,1-3H3,(H,18,19)(H2,16,17,20). The van der Waals surface area contributed by atoms with Crippen molar-refractivity contribution in [1.82, 2.24) is 10.6 Å². The lowest BCUT2D eigenvalue weighted by Gasteiger charge is -2.30. The van der Waals surface area contributed by atoms with Crippen molar-refractivity contribution in [2.75, 3.05) is 6.54 Å². The second kappa shape index (κ2) is 5.26. The number of carbonyl (C=O) groups is 2. The minimum Gasteiger partial charge on any atom is -0.481 e. The molecule has 2 amide bonds. The van der Waals surface area contributed by atoms with E-state index in [-0.39, 0.29) is 23.9 Å². The minimum atomic E-state index is -0.887. The van der Waals surface area contributed by atoms with Crippen LogP contribution in [0.2, 0.25) is 0 Å². The fourth-order valence-corrected chi connectivity index (χ4v) is 2.80. The molecular formula is C15H26N2O3. The SMILES string of the molecule is CC(C)(C)C(CC(=O)O)NC(=O)NCC1(C2CC2)CC1. The van der Waals surface area contributed by atoms with Gasteiger partial charge in [-0.3, -0.25) is 4.79 Å². The third kappa shape index (κ3) is 3.87. The van der Waals surface area contributed by atoms with E-state index < -0.39 is 5.97 Å². The minimum absolute atomic E-state index is 0.0509. The summed E-state index contributed by atoms with van der Waals surface area (Å²) in [7, 11) is 0. The number of hydrogen-bond acceptors (Lipinski definition) is 2. The first-order chi connectivity index (χ1) is 9.23. The number of carboxylic acids is 1. The third-order valence-corrected chi connectivity index (χ3v) is 4.67. The molecule has 0 aromatic heterocycles. The lowest BCUT2D eigenvalue weighted by Crippen LogP contribution is -2.50. The van der Waals surface area contributed by atoms with Crippen LogP contribution >= 0.6 is 0 Å². The van der Waals surface area contributed by atoms with Gasteiger partial charge in [0, 0.05) is 12.6 Å². The summed E-state index contributed by atoms with van der Waals surface area (Å²) in [5, 5.41) is 14.7. The molecule has 2 aliphatic carbocycles. The fraction of sp³-hybridized carbons (Fsp3) is 0.867. The number of carboxylic acid groups (broad SMARTS) is 1. The highest BCUT2D eigenvalue weighted by molar-refractivity contribution is 5.76. The van der Waals surface area contributed by atoms with E-state index in [9.17, 15) is 9.59 Å². The van der Waals surface area contributed by atoms with Crippen LogP contribution in [0, 0.1) is 16.7 Å². The van der Waals surface area contributed by atoms with Gasteiger partial charge in [0.1, 0.15) is 0 Å². The van der Waals surface area contributed by atoms with E-state index >= 15 is 0 Å². The summed E-state index contributed by atoms with van der Waals surface area (Å²) in [5.41, 5.74) is 0.0882. The van der Waals surface area contributed by atoms with E-state index in [0.717, 1.165) is 12.5 Å². The maximum Gasteiger partial charge on any atom is 0.315 e. The van der Waals surface area contributed by atoms with Crippen molar-refractivity contribution in [2.45, 2.75) is 58.9 Å². The van der Waals surface area contributed by atoms with Crippen LogP contribution < -0.4 is 10.6 Å². The predicted octanol–water partition coefficient (Wildman–Crippen LogP) is 2.37. The molecule has 0 spiro atoms. The second-order valence-corrected chi connectivity index (χ2v) is 7.48. The molecule has 0 aromatic rings. The molecule has 2 rings (SSSR count).